The molecule has 0 aliphatic heterocycles. The van der Waals surface area contributed by atoms with Gasteiger partial charge in [-0.1, -0.05) is 44.2 Å². The molecule has 0 aliphatic rings. The van der Waals surface area contributed by atoms with Crippen LogP contribution < -0.4 is 10.1 Å². The Hall–Kier alpha value is -2.38. The van der Waals surface area contributed by atoms with Crippen molar-refractivity contribution in [1.29, 1.82) is 0 Å². The normalized spacial score (nSPS) is 12.8. The van der Waals surface area contributed by atoms with E-state index in [-0.39, 0.29) is 17.3 Å². The zero-order valence-corrected chi connectivity index (χ0v) is 17.8. The molecule has 0 radical (unpaired) electrons. The quantitative estimate of drug-likeness (QED) is 0.733. The van der Waals surface area contributed by atoms with Gasteiger partial charge in [-0.05, 0) is 42.2 Å². The van der Waals surface area contributed by atoms with Crippen molar-refractivity contribution in [3.8, 4) is 5.75 Å². The van der Waals surface area contributed by atoms with Crippen molar-refractivity contribution < 1.29 is 17.9 Å². The summed E-state index contributed by atoms with van der Waals surface area (Å²) >= 11 is 0. The predicted octanol–water partition coefficient (Wildman–Crippen LogP) is 3.14. The van der Waals surface area contributed by atoms with E-state index in [9.17, 15) is 13.2 Å². The van der Waals surface area contributed by atoms with Gasteiger partial charge in [-0.3, -0.25) is 4.79 Å². The van der Waals surface area contributed by atoms with Crippen molar-refractivity contribution in [2.45, 2.75) is 44.2 Å². The minimum Gasteiger partial charge on any atom is -0.481 e. The van der Waals surface area contributed by atoms with Crippen LogP contribution in [0.2, 0.25) is 0 Å². The summed E-state index contributed by atoms with van der Waals surface area (Å²) in [6.07, 6.45) is -0.708. The van der Waals surface area contributed by atoms with Crippen molar-refractivity contribution in [2.75, 3.05) is 14.1 Å². The van der Waals surface area contributed by atoms with Gasteiger partial charge in [0.15, 0.2) is 6.10 Å². The first kappa shape index (κ1) is 21.9. The Balaban J connectivity index is 2.06. The van der Waals surface area contributed by atoms with Gasteiger partial charge in [-0.15, -0.1) is 0 Å². The minimum atomic E-state index is -3.59. The molecule has 152 valence electrons. The third kappa shape index (κ3) is 5.33. The van der Waals surface area contributed by atoms with E-state index in [1.54, 1.807) is 25.1 Å². The minimum absolute atomic E-state index is 0.0990. The number of carbonyl (C=O) groups is 1. The second-order valence-electron chi connectivity index (χ2n) is 7.10. The average Bonchev–Trinajstić information content (AvgIpc) is 2.66. The molecular formula is C21H28N2O4S. The van der Waals surface area contributed by atoms with Crippen LogP contribution in [0.15, 0.2) is 53.4 Å². The monoisotopic (exact) mass is 404 g/mol. The van der Waals surface area contributed by atoms with Crippen LogP contribution in [0.4, 0.5) is 0 Å². The first-order valence-electron chi connectivity index (χ1n) is 9.17. The maximum Gasteiger partial charge on any atom is 0.261 e. The molecule has 6 nitrogen and oxygen atoms in total. The molecule has 2 aromatic carbocycles. The summed E-state index contributed by atoms with van der Waals surface area (Å²) in [5, 5.41) is 2.76. The Morgan fingerprint density at radius 2 is 1.75 bits per heavy atom. The van der Waals surface area contributed by atoms with Crippen LogP contribution in [-0.2, 0) is 21.4 Å². The zero-order chi connectivity index (χ0) is 20.9. The smallest absolute Gasteiger partial charge is 0.261 e. The van der Waals surface area contributed by atoms with E-state index in [2.05, 4.69) is 19.2 Å². The van der Waals surface area contributed by atoms with E-state index in [0.717, 1.165) is 9.87 Å². The van der Waals surface area contributed by atoms with E-state index in [1.807, 2.05) is 24.3 Å². The lowest BCUT2D eigenvalue weighted by Gasteiger charge is -2.18. The number of carbonyl (C=O) groups excluding carboxylic acids is 1. The largest absolute Gasteiger partial charge is 0.481 e. The molecule has 1 amide bonds. The number of nitrogens with one attached hydrogen (secondary N) is 1. The van der Waals surface area contributed by atoms with Crippen LogP contribution >= 0.6 is 0 Å². The fraction of sp³-hybridized carbons (Fsp3) is 0.381. The van der Waals surface area contributed by atoms with Gasteiger partial charge in [0.2, 0.25) is 10.0 Å². The Bertz CT molecular complexity index is 924. The third-order valence-electron chi connectivity index (χ3n) is 4.39. The van der Waals surface area contributed by atoms with Gasteiger partial charge < -0.3 is 10.1 Å². The predicted molar refractivity (Wildman–Crippen MR) is 110 cm³/mol. The average molecular weight is 405 g/mol. The number of ether oxygens (including phenoxy) is 1. The van der Waals surface area contributed by atoms with Crippen LogP contribution in [0.5, 0.6) is 5.75 Å². The van der Waals surface area contributed by atoms with Crippen molar-refractivity contribution >= 4 is 15.9 Å². The van der Waals surface area contributed by atoms with Gasteiger partial charge in [0.05, 0.1) is 4.90 Å². The molecule has 0 saturated heterocycles. The number of sulfonamides is 1. The second-order valence-corrected chi connectivity index (χ2v) is 9.22. The van der Waals surface area contributed by atoms with E-state index in [1.165, 1.54) is 20.2 Å². The van der Waals surface area contributed by atoms with Gasteiger partial charge in [0.1, 0.15) is 5.75 Å². The molecule has 2 aromatic rings. The fourth-order valence-corrected chi connectivity index (χ4v) is 3.74. The van der Waals surface area contributed by atoms with Crippen molar-refractivity contribution in [3.05, 3.63) is 59.7 Å². The SMILES string of the molecule is CC(Oc1cccc(C(C)C)c1)C(=O)NCc1ccccc1S(=O)(=O)N(C)C. The summed E-state index contributed by atoms with van der Waals surface area (Å²) in [7, 11) is -0.630. The van der Waals surface area contributed by atoms with Gasteiger partial charge >= 0.3 is 0 Å². The Labute approximate surface area is 167 Å². The van der Waals surface area contributed by atoms with Crippen molar-refractivity contribution in [2.24, 2.45) is 0 Å². The number of hydrogen-bond donors (Lipinski definition) is 1. The highest BCUT2D eigenvalue weighted by molar-refractivity contribution is 7.89. The Morgan fingerprint density at radius 3 is 2.39 bits per heavy atom. The molecule has 0 aromatic heterocycles. The molecule has 1 N–H and O–H groups in total. The fourth-order valence-electron chi connectivity index (χ4n) is 2.63. The Morgan fingerprint density at radius 1 is 1.07 bits per heavy atom. The van der Waals surface area contributed by atoms with Gasteiger partial charge in [-0.25, -0.2) is 12.7 Å². The molecule has 0 bridgehead atoms. The third-order valence-corrected chi connectivity index (χ3v) is 6.31. The van der Waals surface area contributed by atoms with Crippen LogP contribution in [0.1, 0.15) is 37.8 Å². The highest BCUT2D eigenvalue weighted by atomic mass is 32.2. The number of nitrogens with zero attached hydrogens (tertiary/aromatic N) is 1. The zero-order valence-electron chi connectivity index (χ0n) is 17.0. The summed E-state index contributed by atoms with van der Waals surface area (Å²) in [4.78, 5) is 12.6. The Kier molecular flexibility index (Phi) is 7.21. The number of benzene rings is 2. The molecular weight excluding hydrogens is 376 g/mol. The summed E-state index contributed by atoms with van der Waals surface area (Å²) in [6, 6.07) is 14.3. The van der Waals surface area contributed by atoms with Crippen molar-refractivity contribution in [1.82, 2.24) is 9.62 Å². The summed E-state index contributed by atoms with van der Waals surface area (Å²) in [5.74, 6) is 0.680. The van der Waals surface area contributed by atoms with Crippen LogP contribution in [0, 0.1) is 0 Å². The maximum atomic E-state index is 12.4. The number of amides is 1. The van der Waals surface area contributed by atoms with Crippen LogP contribution in [-0.4, -0.2) is 38.8 Å². The highest BCUT2D eigenvalue weighted by Crippen LogP contribution is 2.21. The van der Waals surface area contributed by atoms with Gasteiger partial charge in [0, 0.05) is 20.6 Å². The van der Waals surface area contributed by atoms with Gasteiger partial charge in [-0.2, -0.15) is 0 Å². The lowest BCUT2D eigenvalue weighted by Crippen LogP contribution is -2.36. The van der Waals surface area contributed by atoms with E-state index >= 15 is 0 Å². The maximum absolute atomic E-state index is 12.4. The second kappa shape index (κ2) is 9.21. The lowest BCUT2D eigenvalue weighted by atomic mass is 10.0. The number of hydrogen-bond acceptors (Lipinski definition) is 4. The van der Waals surface area contributed by atoms with Crippen LogP contribution in [0.3, 0.4) is 0 Å². The molecule has 28 heavy (non-hydrogen) atoms. The molecule has 0 saturated carbocycles. The molecule has 1 atom stereocenters. The molecule has 1 unspecified atom stereocenters. The first-order valence-corrected chi connectivity index (χ1v) is 10.6. The molecule has 0 fully saturated rings. The molecule has 0 spiro atoms. The summed E-state index contributed by atoms with van der Waals surface area (Å²) < 4.78 is 31.8. The lowest BCUT2D eigenvalue weighted by molar-refractivity contribution is -0.127. The molecule has 0 heterocycles. The number of rotatable bonds is 8. The van der Waals surface area contributed by atoms with Crippen molar-refractivity contribution in [3.63, 3.8) is 0 Å². The van der Waals surface area contributed by atoms with E-state index in [0.29, 0.717) is 17.2 Å². The van der Waals surface area contributed by atoms with Gasteiger partial charge in [0.25, 0.3) is 5.91 Å². The highest BCUT2D eigenvalue weighted by Gasteiger charge is 2.22. The topological polar surface area (TPSA) is 75.7 Å². The first-order chi connectivity index (χ1) is 13.1. The standard InChI is InChI=1S/C21H28N2O4S/c1-15(2)17-10-8-11-19(13-17)27-16(3)21(24)22-14-18-9-6-7-12-20(18)28(25,26)23(4)5/h6-13,15-16H,14H2,1-5H3,(H,22,24). The molecule has 0 aliphatic carbocycles. The van der Waals surface area contributed by atoms with E-state index in [4.69, 9.17) is 4.74 Å². The summed E-state index contributed by atoms with van der Waals surface area (Å²) in [5.41, 5.74) is 1.66. The van der Waals surface area contributed by atoms with Crippen LogP contribution in [0.25, 0.3) is 0 Å². The summed E-state index contributed by atoms with van der Waals surface area (Å²) in [6.45, 7) is 5.95. The van der Waals surface area contributed by atoms with E-state index < -0.39 is 16.1 Å². The molecule has 2 rings (SSSR count). The molecule has 7 heteroatoms.